The number of aromatic carboxylic acids is 1. The van der Waals surface area contributed by atoms with E-state index in [2.05, 4.69) is 26.5 Å². The van der Waals surface area contributed by atoms with Crippen LogP contribution in [-0.4, -0.2) is 12.2 Å². The van der Waals surface area contributed by atoms with Crippen LogP contribution in [0.15, 0.2) is 52.0 Å². The van der Waals surface area contributed by atoms with E-state index in [0.29, 0.717) is 15.7 Å². The first-order chi connectivity index (χ1) is 9.56. The van der Waals surface area contributed by atoms with Crippen molar-refractivity contribution in [1.29, 1.82) is 0 Å². The van der Waals surface area contributed by atoms with Crippen molar-refractivity contribution in [3.8, 4) is 0 Å². The zero-order valence-corrected chi connectivity index (χ0v) is 11.7. The Balaban J connectivity index is 2.04. The van der Waals surface area contributed by atoms with Gasteiger partial charge < -0.3 is 9.90 Å². The number of carboxylic acid groups (broad SMARTS) is 1. The smallest absolute Gasteiger partial charge is 0.133 e. The quantitative estimate of drug-likeness (QED) is 0.689. The first-order valence-corrected chi connectivity index (χ1v) is 6.41. The molecular weight excluding hydrogens is 327 g/mol. The zero-order chi connectivity index (χ0) is 14.5. The molecule has 102 valence electrons. The van der Waals surface area contributed by atoms with E-state index in [1.54, 1.807) is 24.3 Å². The largest absolute Gasteiger partial charge is 0.545 e. The molecule has 6 heteroatoms. The number of nitrogens with zero attached hydrogens (tertiary/aromatic N) is 1. The first kappa shape index (κ1) is 14.2. The molecule has 0 aliphatic heterocycles. The van der Waals surface area contributed by atoms with Crippen LogP contribution < -0.4 is 10.5 Å². The highest BCUT2D eigenvalue weighted by Gasteiger charge is 1.99. The summed E-state index contributed by atoms with van der Waals surface area (Å²) in [6, 6.07) is 10.5. The van der Waals surface area contributed by atoms with Crippen LogP contribution in [0.25, 0.3) is 0 Å². The molecule has 0 spiro atoms. The highest BCUT2D eigenvalue weighted by atomic mass is 79.9. The Kier molecular flexibility index (Phi) is 4.47. The summed E-state index contributed by atoms with van der Waals surface area (Å²) in [6.45, 7) is 0. The zero-order valence-electron chi connectivity index (χ0n) is 10.1. The van der Waals surface area contributed by atoms with Crippen molar-refractivity contribution in [2.45, 2.75) is 0 Å². The highest BCUT2D eigenvalue weighted by Crippen LogP contribution is 2.14. The number of benzene rings is 2. The Labute approximate surface area is 123 Å². The average molecular weight is 336 g/mol. The van der Waals surface area contributed by atoms with Crippen molar-refractivity contribution in [1.82, 2.24) is 0 Å². The van der Waals surface area contributed by atoms with Crippen LogP contribution in [0.1, 0.15) is 15.9 Å². The number of halogens is 2. The summed E-state index contributed by atoms with van der Waals surface area (Å²) in [5.41, 5.74) is 3.69. The molecule has 0 aromatic heterocycles. The fourth-order valence-electron chi connectivity index (χ4n) is 1.46. The van der Waals surface area contributed by atoms with Crippen molar-refractivity contribution in [3.63, 3.8) is 0 Å². The molecule has 0 atom stereocenters. The lowest BCUT2D eigenvalue weighted by molar-refractivity contribution is -0.255. The number of rotatable bonds is 4. The van der Waals surface area contributed by atoms with Crippen LogP contribution >= 0.6 is 15.9 Å². The van der Waals surface area contributed by atoms with Gasteiger partial charge in [0.1, 0.15) is 5.82 Å². The van der Waals surface area contributed by atoms with Gasteiger partial charge in [-0.2, -0.15) is 5.10 Å². The number of nitrogens with one attached hydrogen (secondary N) is 1. The Morgan fingerprint density at radius 2 is 1.95 bits per heavy atom. The number of anilines is 1. The van der Waals surface area contributed by atoms with E-state index < -0.39 is 11.8 Å². The molecule has 0 aliphatic carbocycles. The van der Waals surface area contributed by atoms with Gasteiger partial charge in [0, 0.05) is 10.0 Å². The summed E-state index contributed by atoms with van der Waals surface area (Å²) in [5, 5.41) is 14.5. The second kappa shape index (κ2) is 6.29. The first-order valence-electron chi connectivity index (χ1n) is 5.62. The predicted molar refractivity (Wildman–Crippen MR) is 76.1 cm³/mol. The van der Waals surface area contributed by atoms with Crippen LogP contribution in [0.2, 0.25) is 0 Å². The third-order valence-corrected chi connectivity index (χ3v) is 2.97. The Morgan fingerprint density at radius 3 is 2.55 bits per heavy atom. The van der Waals surface area contributed by atoms with Crippen LogP contribution in [0.4, 0.5) is 10.1 Å². The van der Waals surface area contributed by atoms with E-state index in [1.807, 2.05) is 0 Å². The third kappa shape index (κ3) is 3.64. The maximum atomic E-state index is 13.5. The summed E-state index contributed by atoms with van der Waals surface area (Å²) in [4.78, 5) is 10.6. The van der Waals surface area contributed by atoms with Crippen molar-refractivity contribution < 1.29 is 14.3 Å². The molecule has 0 radical (unpaired) electrons. The van der Waals surface area contributed by atoms with Gasteiger partial charge in [-0.25, -0.2) is 4.39 Å². The van der Waals surface area contributed by atoms with Crippen molar-refractivity contribution in [2.75, 3.05) is 5.43 Å². The highest BCUT2D eigenvalue weighted by molar-refractivity contribution is 9.10. The monoisotopic (exact) mass is 335 g/mol. The summed E-state index contributed by atoms with van der Waals surface area (Å²) >= 11 is 3.17. The second-order valence-corrected chi connectivity index (χ2v) is 4.82. The molecule has 2 aromatic carbocycles. The molecule has 20 heavy (non-hydrogen) atoms. The molecule has 1 N–H and O–H groups in total. The molecular formula is C14H9BrFN2O2-. The summed E-state index contributed by atoms with van der Waals surface area (Å²) in [7, 11) is 0. The number of hydrogen-bond acceptors (Lipinski definition) is 4. The SMILES string of the molecule is O=C([O-])c1ccc(N/N=C\c2ccc(Br)cc2F)cc1. The molecule has 0 saturated heterocycles. The number of hydrogen-bond donors (Lipinski definition) is 1. The van der Waals surface area contributed by atoms with Gasteiger partial charge >= 0.3 is 0 Å². The van der Waals surface area contributed by atoms with Gasteiger partial charge in [-0.15, -0.1) is 0 Å². The molecule has 2 rings (SSSR count). The number of hydrazone groups is 1. The van der Waals surface area contributed by atoms with E-state index >= 15 is 0 Å². The molecule has 0 aliphatic rings. The standard InChI is InChI=1S/C14H10BrFN2O2/c15-11-4-1-10(13(16)7-11)8-17-18-12-5-2-9(3-6-12)14(19)20/h1-8,18H,(H,19,20)/p-1/b17-8-. The Hall–Kier alpha value is -2.21. The fraction of sp³-hybridized carbons (Fsp3) is 0. The maximum Gasteiger partial charge on any atom is 0.133 e. The minimum atomic E-state index is -1.24. The molecule has 0 fully saturated rings. The average Bonchev–Trinajstić information content (AvgIpc) is 2.42. The number of carboxylic acids is 1. The molecule has 0 bridgehead atoms. The third-order valence-electron chi connectivity index (χ3n) is 2.48. The normalized spacial score (nSPS) is 10.7. The van der Waals surface area contributed by atoms with E-state index in [9.17, 15) is 14.3 Å². The molecule has 0 amide bonds. The molecule has 0 heterocycles. The molecule has 0 unspecified atom stereocenters. The van der Waals surface area contributed by atoms with Crippen LogP contribution in [0.5, 0.6) is 0 Å². The minimum absolute atomic E-state index is 0.0819. The lowest BCUT2D eigenvalue weighted by atomic mass is 10.2. The lowest BCUT2D eigenvalue weighted by Gasteiger charge is -2.04. The molecule has 4 nitrogen and oxygen atoms in total. The maximum absolute atomic E-state index is 13.5. The predicted octanol–water partition coefficient (Wildman–Crippen LogP) is 2.40. The van der Waals surface area contributed by atoms with E-state index in [4.69, 9.17) is 0 Å². The van der Waals surface area contributed by atoms with Gasteiger partial charge in [0.25, 0.3) is 0 Å². The summed E-state index contributed by atoms with van der Waals surface area (Å²) < 4.78 is 14.1. The van der Waals surface area contributed by atoms with Crippen molar-refractivity contribution in [3.05, 3.63) is 63.9 Å². The number of carbonyl (C=O) groups is 1. The molecule has 0 saturated carbocycles. The van der Waals surface area contributed by atoms with Crippen molar-refractivity contribution in [2.24, 2.45) is 5.10 Å². The van der Waals surface area contributed by atoms with Gasteiger partial charge in [-0.05, 0) is 35.9 Å². The van der Waals surface area contributed by atoms with E-state index in [1.165, 1.54) is 24.4 Å². The van der Waals surface area contributed by atoms with Gasteiger partial charge in [0.2, 0.25) is 0 Å². The van der Waals surface area contributed by atoms with Crippen LogP contribution in [0, 0.1) is 5.82 Å². The summed E-state index contributed by atoms with van der Waals surface area (Å²) in [5.74, 6) is -1.63. The van der Waals surface area contributed by atoms with Crippen LogP contribution in [0.3, 0.4) is 0 Å². The summed E-state index contributed by atoms with van der Waals surface area (Å²) in [6.07, 6.45) is 1.34. The van der Waals surface area contributed by atoms with E-state index in [-0.39, 0.29) is 5.56 Å². The van der Waals surface area contributed by atoms with Crippen molar-refractivity contribution >= 4 is 33.8 Å². The van der Waals surface area contributed by atoms with Gasteiger partial charge in [-0.3, -0.25) is 5.43 Å². The Morgan fingerprint density at radius 1 is 1.25 bits per heavy atom. The van der Waals surface area contributed by atoms with Gasteiger partial charge in [-0.1, -0.05) is 28.1 Å². The minimum Gasteiger partial charge on any atom is -0.545 e. The molecule has 2 aromatic rings. The Bertz CT molecular complexity index is 657. The van der Waals surface area contributed by atoms with Gasteiger partial charge in [0.05, 0.1) is 17.9 Å². The topological polar surface area (TPSA) is 64.5 Å². The van der Waals surface area contributed by atoms with Crippen LogP contribution in [-0.2, 0) is 0 Å². The van der Waals surface area contributed by atoms with Gasteiger partial charge in [0.15, 0.2) is 0 Å². The second-order valence-electron chi connectivity index (χ2n) is 3.90. The lowest BCUT2D eigenvalue weighted by Crippen LogP contribution is -2.21. The van der Waals surface area contributed by atoms with E-state index in [0.717, 1.165) is 0 Å². The fourth-order valence-corrected chi connectivity index (χ4v) is 1.80. The number of carbonyl (C=O) groups excluding carboxylic acids is 1.